The number of hydrogen-bond donors (Lipinski definition) is 1. The number of ether oxygens (including phenoxy) is 3. The van der Waals surface area contributed by atoms with E-state index in [-0.39, 0.29) is 36.9 Å². The number of nitrogens with zero attached hydrogens (tertiary/aromatic N) is 1. The summed E-state index contributed by atoms with van der Waals surface area (Å²) < 4.78 is 15.8. The molecule has 0 aliphatic carbocycles. The normalized spacial score (nSPS) is 10.2. The second-order valence-corrected chi connectivity index (χ2v) is 5.98. The fraction of sp³-hybridized carbons (Fsp3) is 0.350. The highest BCUT2D eigenvalue weighted by atomic mass is 16.6. The Morgan fingerprint density at radius 1 is 1.14 bits per heavy atom. The van der Waals surface area contributed by atoms with Gasteiger partial charge in [0.1, 0.15) is 5.75 Å². The van der Waals surface area contributed by atoms with Gasteiger partial charge in [-0.05, 0) is 36.6 Å². The van der Waals surface area contributed by atoms with Gasteiger partial charge in [-0.25, -0.2) is 0 Å². The molecule has 0 bridgehead atoms. The maximum absolute atomic E-state index is 12.0. The third kappa shape index (κ3) is 5.60. The summed E-state index contributed by atoms with van der Waals surface area (Å²) in [6.07, 6.45) is 1.15. The van der Waals surface area contributed by atoms with E-state index >= 15 is 0 Å². The van der Waals surface area contributed by atoms with E-state index in [0.29, 0.717) is 17.1 Å². The maximum Gasteiger partial charge on any atom is 0.276 e. The molecule has 0 unspecified atom stereocenters. The first kappa shape index (κ1) is 21.0. The number of amides is 1. The molecule has 2 aromatic rings. The van der Waals surface area contributed by atoms with Crippen molar-refractivity contribution >= 4 is 11.6 Å². The Balaban J connectivity index is 1.92. The van der Waals surface area contributed by atoms with Crippen LogP contribution in [0.25, 0.3) is 0 Å². The number of carbonyl (C=O) groups excluding carboxylic acids is 1. The van der Waals surface area contributed by atoms with Crippen molar-refractivity contribution in [3.05, 3.63) is 57.6 Å². The van der Waals surface area contributed by atoms with Gasteiger partial charge >= 0.3 is 0 Å². The molecule has 0 aliphatic rings. The average Bonchev–Trinajstić information content (AvgIpc) is 2.71. The van der Waals surface area contributed by atoms with Gasteiger partial charge in [-0.1, -0.05) is 19.1 Å². The zero-order chi connectivity index (χ0) is 20.5. The second-order valence-electron chi connectivity index (χ2n) is 5.98. The van der Waals surface area contributed by atoms with E-state index in [1.807, 2.05) is 25.1 Å². The molecule has 0 radical (unpaired) electrons. The number of benzene rings is 2. The molecule has 0 aromatic heterocycles. The zero-order valence-electron chi connectivity index (χ0n) is 16.2. The topological polar surface area (TPSA) is 99.9 Å². The first-order chi connectivity index (χ1) is 13.5. The van der Waals surface area contributed by atoms with E-state index in [9.17, 15) is 14.9 Å². The van der Waals surface area contributed by atoms with Gasteiger partial charge in [0.05, 0.1) is 25.2 Å². The number of nitrogens with one attached hydrogen (secondary N) is 1. The van der Waals surface area contributed by atoms with E-state index in [1.165, 1.54) is 20.3 Å². The minimum Gasteiger partial charge on any atom is -0.493 e. The molecule has 0 spiro atoms. The van der Waals surface area contributed by atoms with E-state index in [2.05, 4.69) is 5.32 Å². The lowest BCUT2D eigenvalue weighted by atomic mass is 10.1. The molecule has 2 rings (SSSR count). The molecule has 150 valence electrons. The van der Waals surface area contributed by atoms with Gasteiger partial charge in [0.25, 0.3) is 11.6 Å². The van der Waals surface area contributed by atoms with Gasteiger partial charge in [0, 0.05) is 12.1 Å². The van der Waals surface area contributed by atoms with Crippen molar-refractivity contribution < 1.29 is 23.9 Å². The van der Waals surface area contributed by atoms with Crippen LogP contribution in [0.1, 0.15) is 18.1 Å². The van der Waals surface area contributed by atoms with E-state index in [1.54, 1.807) is 12.1 Å². The molecule has 8 heteroatoms. The average molecular weight is 388 g/mol. The van der Waals surface area contributed by atoms with Crippen LogP contribution in [-0.4, -0.2) is 38.2 Å². The van der Waals surface area contributed by atoms with Gasteiger partial charge in [-0.2, -0.15) is 0 Å². The van der Waals surface area contributed by atoms with Crippen molar-refractivity contribution in [1.29, 1.82) is 0 Å². The van der Waals surface area contributed by atoms with Crippen LogP contribution >= 0.6 is 0 Å². The minimum atomic E-state index is -0.483. The third-order valence-electron chi connectivity index (χ3n) is 4.17. The fourth-order valence-electron chi connectivity index (χ4n) is 2.67. The van der Waals surface area contributed by atoms with Crippen LogP contribution in [0, 0.1) is 10.1 Å². The van der Waals surface area contributed by atoms with Crippen molar-refractivity contribution in [2.45, 2.75) is 19.8 Å². The summed E-state index contributed by atoms with van der Waals surface area (Å²) in [7, 11) is 2.87. The first-order valence-corrected chi connectivity index (χ1v) is 8.86. The molecule has 1 N–H and O–H groups in total. The Kier molecular flexibility index (Phi) is 7.62. The lowest BCUT2D eigenvalue weighted by molar-refractivity contribution is -0.385. The van der Waals surface area contributed by atoms with Crippen molar-refractivity contribution in [1.82, 2.24) is 5.32 Å². The number of nitro groups is 1. The maximum atomic E-state index is 12.0. The SMILES string of the molecule is CCc1cccc(OCC(=O)NCCc2cc(OC)c(OC)cc2[N+](=O)[O-])c1. The van der Waals surface area contributed by atoms with Crippen LogP contribution in [0.4, 0.5) is 5.69 Å². The molecule has 1 amide bonds. The molecule has 0 aliphatic heterocycles. The Hall–Kier alpha value is -3.29. The van der Waals surface area contributed by atoms with Gasteiger partial charge < -0.3 is 19.5 Å². The number of hydrogen-bond acceptors (Lipinski definition) is 6. The lowest BCUT2D eigenvalue weighted by Crippen LogP contribution is -2.30. The molecular weight excluding hydrogens is 364 g/mol. The number of rotatable bonds is 10. The summed E-state index contributed by atoms with van der Waals surface area (Å²) in [6, 6.07) is 10.4. The van der Waals surface area contributed by atoms with Crippen LogP contribution < -0.4 is 19.5 Å². The first-order valence-electron chi connectivity index (χ1n) is 8.86. The summed E-state index contributed by atoms with van der Waals surface area (Å²) >= 11 is 0. The molecule has 0 atom stereocenters. The Morgan fingerprint density at radius 3 is 2.50 bits per heavy atom. The molecule has 28 heavy (non-hydrogen) atoms. The van der Waals surface area contributed by atoms with Crippen molar-refractivity contribution in [3.63, 3.8) is 0 Å². The number of nitro benzene ring substituents is 1. The highest BCUT2D eigenvalue weighted by Gasteiger charge is 2.19. The Bertz CT molecular complexity index is 837. The monoisotopic (exact) mass is 388 g/mol. The lowest BCUT2D eigenvalue weighted by Gasteiger charge is -2.11. The van der Waals surface area contributed by atoms with Crippen molar-refractivity contribution in [2.24, 2.45) is 0 Å². The van der Waals surface area contributed by atoms with Crippen molar-refractivity contribution in [2.75, 3.05) is 27.4 Å². The quantitative estimate of drug-likeness (QED) is 0.496. The van der Waals surface area contributed by atoms with E-state index in [0.717, 1.165) is 12.0 Å². The molecule has 0 fully saturated rings. The molecule has 2 aromatic carbocycles. The largest absolute Gasteiger partial charge is 0.493 e. The second kappa shape index (κ2) is 10.1. The summed E-state index contributed by atoms with van der Waals surface area (Å²) in [4.78, 5) is 22.8. The minimum absolute atomic E-state index is 0.0838. The van der Waals surface area contributed by atoms with E-state index < -0.39 is 4.92 Å². The van der Waals surface area contributed by atoms with Crippen LogP contribution in [0.5, 0.6) is 17.2 Å². The molecular formula is C20H24N2O6. The predicted octanol–water partition coefficient (Wildman–Crippen LogP) is 2.91. The third-order valence-corrected chi connectivity index (χ3v) is 4.17. The predicted molar refractivity (Wildman–Crippen MR) is 104 cm³/mol. The van der Waals surface area contributed by atoms with Crippen molar-refractivity contribution in [3.8, 4) is 17.2 Å². The highest BCUT2D eigenvalue weighted by Crippen LogP contribution is 2.34. The number of aryl methyl sites for hydroxylation is 1. The van der Waals surface area contributed by atoms with Gasteiger partial charge in [0.2, 0.25) is 0 Å². The zero-order valence-corrected chi connectivity index (χ0v) is 16.2. The highest BCUT2D eigenvalue weighted by molar-refractivity contribution is 5.77. The fourth-order valence-corrected chi connectivity index (χ4v) is 2.67. The summed E-state index contributed by atoms with van der Waals surface area (Å²) in [6.45, 7) is 2.15. The number of methoxy groups -OCH3 is 2. The van der Waals surface area contributed by atoms with Gasteiger partial charge in [-0.3, -0.25) is 14.9 Å². The standard InChI is InChI=1S/C20H24N2O6/c1-4-14-6-5-7-16(10-14)28-13-20(23)21-9-8-15-11-18(26-2)19(27-3)12-17(15)22(24)25/h5-7,10-12H,4,8-9,13H2,1-3H3,(H,21,23). The Morgan fingerprint density at radius 2 is 1.86 bits per heavy atom. The molecule has 8 nitrogen and oxygen atoms in total. The van der Waals surface area contributed by atoms with Crippen LogP contribution in [0.3, 0.4) is 0 Å². The summed E-state index contributed by atoms with van der Waals surface area (Å²) in [5, 5.41) is 14.0. The summed E-state index contributed by atoms with van der Waals surface area (Å²) in [5.41, 5.74) is 1.48. The molecule has 0 heterocycles. The molecule has 0 saturated carbocycles. The van der Waals surface area contributed by atoms with Crippen LogP contribution in [-0.2, 0) is 17.6 Å². The van der Waals surface area contributed by atoms with Crippen LogP contribution in [0.15, 0.2) is 36.4 Å². The number of carbonyl (C=O) groups is 1. The smallest absolute Gasteiger partial charge is 0.276 e. The van der Waals surface area contributed by atoms with E-state index in [4.69, 9.17) is 14.2 Å². The molecule has 0 saturated heterocycles. The van der Waals surface area contributed by atoms with Crippen LogP contribution in [0.2, 0.25) is 0 Å². The van der Waals surface area contributed by atoms with Gasteiger partial charge in [0.15, 0.2) is 18.1 Å². The summed E-state index contributed by atoms with van der Waals surface area (Å²) in [5.74, 6) is 1.01. The van der Waals surface area contributed by atoms with Gasteiger partial charge in [-0.15, -0.1) is 0 Å². The Labute approximate surface area is 163 Å².